The molecule has 3 rings (SSSR count). The molecule has 6 nitrogen and oxygen atoms in total. The number of carbonyl (C=O) groups excluding carboxylic acids is 1. The van der Waals surface area contributed by atoms with Crippen LogP contribution in [-0.4, -0.2) is 25.6 Å². The number of aromatic nitrogens is 3. The number of phenols is 1. The highest BCUT2D eigenvalue weighted by molar-refractivity contribution is 5.90. The van der Waals surface area contributed by atoms with E-state index in [9.17, 15) is 9.18 Å². The first-order valence-electron chi connectivity index (χ1n) is 7.18. The molecule has 0 saturated carbocycles. The van der Waals surface area contributed by atoms with Gasteiger partial charge in [-0.1, -0.05) is 6.07 Å². The monoisotopic (exact) mass is 314 g/mol. The van der Waals surface area contributed by atoms with Crippen molar-refractivity contribution in [3.63, 3.8) is 0 Å². The predicted octanol–water partition coefficient (Wildman–Crippen LogP) is 2.54. The van der Waals surface area contributed by atoms with E-state index in [2.05, 4.69) is 15.5 Å². The number of phenolic OH excluding ortho intramolecular Hbond substituents is 1. The van der Waals surface area contributed by atoms with Gasteiger partial charge < -0.3 is 10.4 Å². The summed E-state index contributed by atoms with van der Waals surface area (Å²) in [6, 6.07) is 7.78. The molecule has 0 aliphatic rings. The lowest BCUT2D eigenvalue weighted by molar-refractivity contribution is -0.116. The Morgan fingerprint density at radius 2 is 2.17 bits per heavy atom. The summed E-state index contributed by atoms with van der Waals surface area (Å²) >= 11 is 0. The van der Waals surface area contributed by atoms with E-state index in [1.807, 2.05) is 0 Å². The average Bonchev–Trinajstić information content (AvgIpc) is 2.98. The largest absolute Gasteiger partial charge is 0.505 e. The predicted molar refractivity (Wildman–Crippen MR) is 82.6 cm³/mol. The number of aromatic hydroxyl groups is 1. The van der Waals surface area contributed by atoms with Gasteiger partial charge in [0.2, 0.25) is 5.91 Å². The molecule has 0 unspecified atom stereocenters. The van der Waals surface area contributed by atoms with Crippen molar-refractivity contribution in [3.8, 4) is 5.75 Å². The fraction of sp³-hybridized carbons (Fsp3) is 0.188. The second-order valence-electron chi connectivity index (χ2n) is 5.20. The minimum absolute atomic E-state index is 0.114. The number of halogens is 1. The molecule has 2 N–H and O–H groups in total. The molecule has 0 bridgehead atoms. The molecule has 1 aromatic carbocycles. The molecule has 118 valence electrons. The van der Waals surface area contributed by atoms with Crippen molar-refractivity contribution in [2.75, 3.05) is 5.32 Å². The van der Waals surface area contributed by atoms with Crippen molar-refractivity contribution in [1.29, 1.82) is 0 Å². The number of anilines is 1. The van der Waals surface area contributed by atoms with Gasteiger partial charge in [0, 0.05) is 12.6 Å². The molecule has 0 spiro atoms. The number of hydrogen-bond acceptors (Lipinski definition) is 4. The smallest absolute Gasteiger partial charge is 0.224 e. The maximum Gasteiger partial charge on any atom is 0.224 e. The molecular weight excluding hydrogens is 299 g/mol. The molecule has 0 radical (unpaired) electrons. The Kier molecular flexibility index (Phi) is 4.18. The number of rotatable bonds is 5. The number of nitrogens with zero attached hydrogens (tertiary/aromatic N) is 3. The van der Waals surface area contributed by atoms with E-state index in [0.29, 0.717) is 30.6 Å². The van der Waals surface area contributed by atoms with Crippen LogP contribution in [0, 0.1) is 5.82 Å². The Hall–Kier alpha value is -2.96. The average molecular weight is 314 g/mol. The Morgan fingerprint density at radius 3 is 3.00 bits per heavy atom. The summed E-state index contributed by atoms with van der Waals surface area (Å²) in [5.41, 5.74) is 2.12. The van der Waals surface area contributed by atoms with Crippen LogP contribution in [0.3, 0.4) is 0 Å². The zero-order chi connectivity index (χ0) is 16.2. The van der Waals surface area contributed by atoms with Crippen LogP contribution in [0.25, 0.3) is 5.65 Å². The first-order chi connectivity index (χ1) is 11.1. The lowest BCUT2D eigenvalue weighted by Crippen LogP contribution is -2.12. The minimum Gasteiger partial charge on any atom is -0.505 e. The molecule has 0 atom stereocenters. The Morgan fingerprint density at radius 1 is 1.30 bits per heavy atom. The van der Waals surface area contributed by atoms with Gasteiger partial charge in [-0.05, 0) is 42.7 Å². The normalized spacial score (nSPS) is 10.8. The standard InChI is InChI=1S/C16H15FN4O2/c17-13-8-11(4-6-14(13)22)2-1-3-16(23)19-12-5-7-15-20-18-10-21(15)9-12/h4-10,22H,1-3H2,(H,19,23). The summed E-state index contributed by atoms with van der Waals surface area (Å²) in [5.74, 6) is -1.12. The van der Waals surface area contributed by atoms with E-state index in [4.69, 9.17) is 5.11 Å². The van der Waals surface area contributed by atoms with Crippen LogP contribution in [0.5, 0.6) is 5.75 Å². The van der Waals surface area contributed by atoms with Gasteiger partial charge in [-0.3, -0.25) is 9.20 Å². The highest BCUT2D eigenvalue weighted by Crippen LogP contribution is 2.17. The quantitative estimate of drug-likeness (QED) is 0.758. The third-order valence-corrected chi connectivity index (χ3v) is 3.46. The number of fused-ring (bicyclic) bond motifs is 1. The number of carbonyl (C=O) groups is 1. The maximum atomic E-state index is 13.2. The number of pyridine rings is 1. The molecule has 23 heavy (non-hydrogen) atoms. The third kappa shape index (κ3) is 3.63. The van der Waals surface area contributed by atoms with Crippen LogP contribution in [0.2, 0.25) is 0 Å². The van der Waals surface area contributed by atoms with Crippen LogP contribution in [-0.2, 0) is 11.2 Å². The first-order valence-corrected chi connectivity index (χ1v) is 7.18. The Labute approximate surface area is 131 Å². The van der Waals surface area contributed by atoms with Crippen molar-refractivity contribution < 1.29 is 14.3 Å². The minimum atomic E-state index is -0.644. The molecule has 0 saturated heterocycles. The van der Waals surface area contributed by atoms with E-state index in [1.54, 1.807) is 35.1 Å². The van der Waals surface area contributed by atoms with Crippen LogP contribution >= 0.6 is 0 Å². The van der Waals surface area contributed by atoms with Crippen molar-refractivity contribution in [1.82, 2.24) is 14.6 Å². The Balaban J connectivity index is 1.51. The molecule has 2 heterocycles. The summed E-state index contributed by atoms with van der Waals surface area (Å²) in [5, 5.41) is 19.6. The summed E-state index contributed by atoms with van der Waals surface area (Å²) in [6.07, 6.45) is 4.77. The summed E-state index contributed by atoms with van der Waals surface area (Å²) in [7, 11) is 0. The number of nitrogens with one attached hydrogen (secondary N) is 1. The highest BCUT2D eigenvalue weighted by Gasteiger charge is 2.06. The fourth-order valence-corrected chi connectivity index (χ4v) is 2.28. The van der Waals surface area contributed by atoms with E-state index in [-0.39, 0.29) is 11.7 Å². The van der Waals surface area contributed by atoms with E-state index < -0.39 is 5.82 Å². The van der Waals surface area contributed by atoms with Gasteiger partial charge in [-0.25, -0.2) is 4.39 Å². The SMILES string of the molecule is O=C(CCCc1ccc(O)c(F)c1)Nc1ccc2nncn2c1. The summed E-state index contributed by atoms with van der Waals surface area (Å²) < 4.78 is 14.9. The van der Waals surface area contributed by atoms with Gasteiger partial charge in [0.1, 0.15) is 6.33 Å². The molecule has 7 heteroatoms. The van der Waals surface area contributed by atoms with Crippen LogP contribution in [0.1, 0.15) is 18.4 Å². The summed E-state index contributed by atoms with van der Waals surface area (Å²) in [4.78, 5) is 11.9. The molecule has 2 aromatic heterocycles. The topological polar surface area (TPSA) is 79.5 Å². The third-order valence-electron chi connectivity index (χ3n) is 3.46. The zero-order valence-electron chi connectivity index (χ0n) is 12.2. The number of amides is 1. The van der Waals surface area contributed by atoms with Gasteiger partial charge in [0.05, 0.1) is 5.69 Å². The fourth-order valence-electron chi connectivity index (χ4n) is 2.28. The van der Waals surface area contributed by atoms with Crippen LogP contribution in [0.4, 0.5) is 10.1 Å². The van der Waals surface area contributed by atoms with Gasteiger partial charge in [0.25, 0.3) is 0 Å². The molecule has 0 aliphatic carbocycles. The van der Waals surface area contributed by atoms with Crippen LogP contribution in [0.15, 0.2) is 42.9 Å². The molecule has 0 fully saturated rings. The van der Waals surface area contributed by atoms with Crippen molar-refractivity contribution in [2.45, 2.75) is 19.3 Å². The van der Waals surface area contributed by atoms with E-state index in [1.165, 1.54) is 12.1 Å². The summed E-state index contributed by atoms with van der Waals surface area (Å²) in [6.45, 7) is 0. The lowest BCUT2D eigenvalue weighted by Gasteiger charge is -2.06. The van der Waals surface area contributed by atoms with Crippen molar-refractivity contribution >= 4 is 17.2 Å². The molecule has 3 aromatic rings. The van der Waals surface area contributed by atoms with Gasteiger partial charge in [-0.2, -0.15) is 0 Å². The van der Waals surface area contributed by atoms with Crippen molar-refractivity contribution in [2.24, 2.45) is 0 Å². The number of aryl methyl sites for hydroxylation is 1. The molecule has 1 amide bonds. The van der Waals surface area contributed by atoms with Crippen molar-refractivity contribution in [3.05, 3.63) is 54.2 Å². The zero-order valence-corrected chi connectivity index (χ0v) is 12.2. The van der Waals surface area contributed by atoms with Gasteiger partial charge in [-0.15, -0.1) is 10.2 Å². The van der Waals surface area contributed by atoms with Crippen LogP contribution < -0.4 is 5.32 Å². The molecular formula is C16H15FN4O2. The highest BCUT2D eigenvalue weighted by atomic mass is 19.1. The second kappa shape index (κ2) is 6.43. The lowest BCUT2D eigenvalue weighted by atomic mass is 10.1. The second-order valence-corrected chi connectivity index (χ2v) is 5.20. The van der Waals surface area contributed by atoms with E-state index in [0.717, 1.165) is 5.56 Å². The number of benzene rings is 1. The van der Waals surface area contributed by atoms with Gasteiger partial charge in [0.15, 0.2) is 17.2 Å². The first kappa shape index (κ1) is 15.0. The number of hydrogen-bond donors (Lipinski definition) is 2. The van der Waals surface area contributed by atoms with E-state index >= 15 is 0 Å². The maximum absolute atomic E-state index is 13.2. The Bertz CT molecular complexity index is 847. The molecule has 0 aliphatic heterocycles. The van der Waals surface area contributed by atoms with Gasteiger partial charge >= 0.3 is 0 Å².